The molecule has 0 N–H and O–H groups in total. The summed E-state index contributed by atoms with van der Waals surface area (Å²) < 4.78 is 0. The molecule has 0 heterocycles. The normalized spacial score (nSPS) is 11.2. The zero-order valence-corrected chi connectivity index (χ0v) is 17.4. The predicted molar refractivity (Wildman–Crippen MR) is 112 cm³/mol. The fourth-order valence-corrected chi connectivity index (χ4v) is 1.81. The number of hydrogen-bond donors (Lipinski definition) is 0. The van der Waals surface area contributed by atoms with Crippen molar-refractivity contribution in [2.75, 3.05) is 0 Å². The maximum atomic E-state index is 3.87. The van der Waals surface area contributed by atoms with Crippen molar-refractivity contribution >= 4 is 5.57 Å². The van der Waals surface area contributed by atoms with Crippen LogP contribution in [0.25, 0.3) is 5.57 Å². The van der Waals surface area contributed by atoms with Gasteiger partial charge in [0.25, 0.3) is 0 Å². The summed E-state index contributed by atoms with van der Waals surface area (Å²) >= 11 is 0. The standard InChI is InChI=1S/C10H12.C9H18.2C2H6/c1-8(2)10-6-4-5-9(3)7-10;1-5-8(3)7-9(4)6-2;2*1-2/h4-7H,1H2,2-3H3;5,8-9H,1,6-7H2,2-4H3;2*1-2H3. The van der Waals surface area contributed by atoms with E-state index in [9.17, 15) is 0 Å². The highest BCUT2D eigenvalue weighted by atomic mass is 14.1. The zero-order chi connectivity index (χ0) is 18.8. The maximum Gasteiger partial charge on any atom is -0.0231 e. The van der Waals surface area contributed by atoms with Gasteiger partial charge < -0.3 is 0 Å². The van der Waals surface area contributed by atoms with Crippen LogP contribution >= 0.6 is 0 Å². The Morgan fingerprint density at radius 2 is 1.65 bits per heavy atom. The minimum atomic E-state index is 0.694. The molecule has 0 aliphatic rings. The van der Waals surface area contributed by atoms with E-state index in [1.807, 2.05) is 40.7 Å². The van der Waals surface area contributed by atoms with Crippen LogP contribution in [-0.4, -0.2) is 0 Å². The van der Waals surface area contributed by atoms with E-state index in [2.05, 4.69) is 65.1 Å². The molecule has 0 nitrogen and oxygen atoms in total. The summed E-state index contributed by atoms with van der Waals surface area (Å²) in [6.07, 6.45) is 4.62. The molecule has 0 saturated heterocycles. The molecule has 2 atom stereocenters. The Labute approximate surface area is 147 Å². The summed E-state index contributed by atoms with van der Waals surface area (Å²) in [6.45, 7) is 26.5. The quantitative estimate of drug-likeness (QED) is 0.479. The zero-order valence-electron chi connectivity index (χ0n) is 17.4. The Bertz CT molecular complexity index is 387. The molecule has 0 bridgehead atoms. The van der Waals surface area contributed by atoms with Crippen LogP contribution in [0, 0.1) is 18.8 Å². The first-order chi connectivity index (χ1) is 10.9. The van der Waals surface area contributed by atoms with E-state index in [0.717, 1.165) is 11.5 Å². The highest BCUT2D eigenvalue weighted by Gasteiger charge is 2.01. The van der Waals surface area contributed by atoms with Crippen LogP contribution < -0.4 is 0 Å². The molecule has 0 aliphatic carbocycles. The van der Waals surface area contributed by atoms with Gasteiger partial charge in [0.1, 0.15) is 0 Å². The number of aryl methyl sites for hydroxylation is 1. The van der Waals surface area contributed by atoms with Gasteiger partial charge in [-0.3, -0.25) is 0 Å². The molecule has 0 heteroatoms. The van der Waals surface area contributed by atoms with Crippen molar-refractivity contribution in [3.63, 3.8) is 0 Å². The second-order valence-electron chi connectivity index (χ2n) is 5.61. The van der Waals surface area contributed by atoms with Crippen LogP contribution in [0.2, 0.25) is 0 Å². The van der Waals surface area contributed by atoms with Crippen LogP contribution in [0.15, 0.2) is 43.5 Å². The van der Waals surface area contributed by atoms with Gasteiger partial charge in [-0.15, -0.1) is 6.58 Å². The fourth-order valence-electron chi connectivity index (χ4n) is 1.81. The van der Waals surface area contributed by atoms with E-state index in [0.29, 0.717) is 5.92 Å². The molecular formula is C23H42. The predicted octanol–water partition coefficient (Wildman–Crippen LogP) is 8.33. The van der Waals surface area contributed by atoms with Gasteiger partial charge in [-0.2, -0.15) is 0 Å². The average molecular weight is 319 g/mol. The molecule has 23 heavy (non-hydrogen) atoms. The monoisotopic (exact) mass is 318 g/mol. The SMILES string of the molecule is C=C(C)c1cccc(C)c1.C=CC(C)CC(C)CC.CC.CC. The summed E-state index contributed by atoms with van der Waals surface area (Å²) in [5, 5.41) is 0. The van der Waals surface area contributed by atoms with Gasteiger partial charge in [-0.1, -0.05) is 103 Å². The number of benzene rings is 1. The summed E-state index contributed by atoms with van der Waals surface area (Å²) in [7, 11) is 0. The first-order valence-corrected chi connectivity index (χ1v) is 9.25. The molecular weight excluding hydrogens is 276 g/mol. The Morgan fingerprint density at radius 1 is 1.13 bits per heavy atom. The highest BCUT2D eigenvalue weighted by molar-refractivity contribution is 5.61. The molecule has 0 aliphatic heterocycles. The van der Waals surface area contributed by atoms with E-state index >= 15 is 0 Å². The van der Waals surface area contributed by atoms with Crippen LogP contribution in [0.3, 0.4) is 0 Å². The van der Waals surface area contributed by atoms with Crippen molar-refractivity contribution in [3.05, 3.63) is 54.6 Å². The van der Waals surface area contributed by atoms with Crippen LogP contribution in [0.4, 0.5) is 0 Å². The average Bonchev–Trinajstić information content (AvgIpc) is 2.58. The highest BCUT2D eigenvalue weighted by Crippen LogP contribution is 2.14. The maximum absolute atomic E-state index is 3.87. The van der Waals surface area contributed by atoms with E-state index in [1.54, 1.807) is 0 Å². The molecule has 0 amide bonds. The van der Waals surface area contributed by atoms with E-state index in [4.69, 9.17) is 0 Å². The fraction of sp³-hybridized carbons (Fsp3) is 0.565. The number of rotatable bonds is 5. The molecule has 0 aromatic heterocycles. The van der Waals surface area contributed by atoms with Gasteiger partial charge in [0.05, 0.1) is 0 Å². The van der Waals surface area contributed by atoms with Crippen molar-refractivity contribution in [2.45, 2.75) is 75.2 Å². The van der Waals surface area contributed by atoms with Gasteiger partial charge >= 0.3 is 0 Å². The summed E-state index contributed by atoms with van der Waals surface area (Å²) in [5.74, 6) is 1.55. The minimum absolute atomic E-state index is 0.694. The molecule has 0 radical (unpaired) electrons. The van der Waals surface area contributed by atoms with E-state index in [-0.39, 0.29) is 0 Å². The lowest BCUT2D eigenvalue weighted by molar-refractivity contribution is 0.455. The van der Waals surface area contributed by atoms with Crippen LogP contribution in [0.5, 0.6) is 0 Å². The van der Waals surface area contributed by atoms with Gasteiger partial charge in [0.15, 0.2) is 0 Å². The molecule has 0 fully saturated rings. The van der Waals surface area contributed by atoms with Gasteiger partial charge in [-0.25, -0.2) is 0 Å². The van der Waals surface area contributed by atoms with Crippen LogP contribution in [-0.2, 0) is 0 Å². The van der Waals surface area contributed by atoms with Crippen LogP contribution in [0.1, 0.15) is 79.4 Å². The van der Waals surface area contributed by atoms with Crippen molar-refractivity contribution in [1.82, 2.24) is 0 Å². The lowest BCUT2D eigenvalue weighted by Gasteiger charge is -2.10. The first-order valence-electron chi connectivity index (χ1n) is 9.25. The molecule has 1 aromatic carbocycles. The second kappa shape index (κ2) is 18.7. The van der Waals surface area contributed by atoms with E-state index < -0.39 is 0 Å². The van der Waals surface area contributed by atoms with Gasteiger partial charge in [0.2, 0.25) is 0 Å². The van der Waals surface area contributed by atoms with Crippen molar-refractivity contribution in [3.8, 4) is 0 Å². The summed E-state index contributed by atoms with van der Waals surface area (Å²) in [4.78, 5) is 0. The summed E-state index contributed by atoms with van der Waals surface area (Å²) in [5.41, 5.74) is 3.66. The molecule has 134 valence electrons. The van der Waals surface area contributed by atoms with E-state index in [1.165, 1.54) is 24.0 Å². The topological polar surface area (TPSA) is 0 Å². The third kappa shape index (κ3) is 16.9. The molecule has 0 spiro atoms. The Morgan fingerprint density at radius 3 is 1.96 bits per heavy atom. The largest absolute Gasteiger partial charge is 0.103 e. The molecule has 1 rings (SSSR count). The van der Waals surface area contributed by atoms with Crippen molar-refractivity contribution in [1.29, 1.82) is 0 Å². The van der Waals surface area contributed by atoms with Gasteiger partial charge in [-0.05, 0) is 37.7 Å². The van der Waals surface area contributed by atoms with Crippen molar-refractivity contribution in [2.24, 2.45) is 11.8 Å². The van der Waals surface area contributed by atoms with Crippen molar-refractivity contribution < 1.29 is 0 Å². The lowest BCUT2D eigenvalue weighted by atomic mass is 9.96. The third-order valence-corrected chi connectivity index (χ3v) is 3.38. The third-order valence-electron chi connectivity index (χ3n) is 3.38. The molecule has 2 unspecified atom stereocenters. The minimum Gasteiger partial charge on any atom is -0.103 e. The smallest absolute Gasteiger partial charge is 0.0231 e. The Hall–Kier alpha value is -1.30. The Kier molecular flexibility index (Phi) is 21.7. The first kappa shape index (κ1) is 26.6. The molecule has 0 saturated carbocycles. The molecule has 1 aromatic rings. The number of hydrogen-bond acceptors (Lipinski definition) is 0. The lowest BCUT2D eigenvalue weighted by Crippen LogP contribution is -1.98. The second-order valence-corrected chi connectivity index (χ2v) is 5.61. The van der Waals surface area contributed by atoms with Gasteiger partial charge in [0, 0.05) is 0 Å². The number of allylic oxidation sites excluding steroid dienone is 2. The summed E-state index contributed by atoms with van der Waals surface area (Å²) in [6, 6.07) is 8.36. The Balaban J connectivity index is -0.000000287.